The highest BCUT2D eigenvalue weighted by Crippen LogP contribution is 2.42. The highest BCUT2D eigenvalue weighted by Gasteiger charge is 2.24. The predicted octanol–water partition coefficient (Wildman–Crippen LogP) is 5.82. The molecule has 0 amide bonds. The number of hydrogen-bond donors (Lipinski definition) is 0. The Morgan fingerprint density at radius 1 is 0.750 bits per heavy atom. The maximum atomic E-state index is 13.7. The molecule has 4 heteroatoms. The molecule has 2 aliphatic carbocycles. The summed E-state index contributed by atoms with van der Waals surface area (Å²) in [5.41, 5.74) is 6.51. The van der Waals surface area contributed by atoms with Gasteiger partial charge in [0.05, 0.1) is 18.2 Å². The molecule has 0 unspecified atom stereocenters. The van der Waals surface area contributed by atoms with E-state index < -0.39 is 0 Å². The Kier molecular flexibility index (Phi) is 4.91. The third-order valence-electron chi connectivity index (χ3n) is 5.90. The van der Waals surface area contributed by atoms with E-state index in [9.17, 15) is 4.79 Å². The van der Waals surface area contributed by atoms with E-state index in [0.29, 0.717) is 5.39 Å². The Morgan fingerprint density at radius 3 is 2.12 bits per heavy atom. The van der Waals surface area contributed by atoms with Gasteiger partial charge in [-0.15, -0.1) is 4.73 Å². The standard InChI is InChI=1S/C28H23NO3/c1-18-9-11-19(12-10-18)25-24-17-21-7-5-4-6-8-23(21)26(24)28(30)29(32-3)27(25)20-13-15-22(31-2)16-14-20/h4-17H,1-3H3. The normalized spacial score (nSPS) is 11.1. The second-order valence-electron chi connectivity index (χ2n) is 7.81. The van der Waals surface area contributed by atoms with Crippen LogP contribution in [0.15, 0.2) is 89.7 Å². The van der Waals surface area contributed by atoms with Gasteiger partial charge < -0.3 is 9.57 Å². The smallest absolute Gasteiger partial charge is 0.292 e. The van der Waals surface area contributed by atoms with E-state index in [2.05, 4.69) is 37.3 Å². The number of nitrogens with zero attached hydrogens (tertiary/aromatic N) is 1. The van der Waals surface area contributed by atoms with Crippen LogP contribution in [0.3, 0.4) is 0 Å². The summed E-state index contributed by atoms with van der Waals surface area (Å²) < 4.78 is 6.74. The quantitative estimate of drug-likeness (QED) is 0.367. The van der Waals surface area contributed by atoms with Crippen molar-refractivity contribution in [2.45, 2.75) is 6.92 Å². The molecule has 4 nitrogen and oxygen atoms in total. The molecule has 0 saturated carbocycles. The molecule has 5 rings (SSSR count). The van der Waals surface area contributed by atoms with Crippen LogP contribution in [0, 0.1) is 6.92 Å². The lowest BCUT2D eigenvalue weighted by Gasteiger charge is -2.18. The molecular formula is C28H23NO3. The fourth-order valence-corrected chi connectivity index (χ4v) is 4.34. The second-order valence-corrected chi connectivity index (χ2v) is 7.81. The molecule has 0 N–H and O–H groups in total. The number of methoxy groups -OCH3 is 1. The van der Waals surface area contributed by atoms with Crippen molar-refractivity contribution in [2.75, 3.05) is 14.2 Å². The summed E-state index contributed by atoms with van der Waals surface area (Å²) in [6.07, 6.45) is 0. The van der Waals surface area contributed by atoms with Crippen LogP contribution < -0.4 is 15.1 Å². The maximum Gasteiger partial charge on any atom is 0.292 e. The molecule has 0 aliphatic heterocycles. The van der Waals surface area contributed by atoms with Crippen LogP contribution in [-0.4, -0.2) is 19.0 Å². The first-order chi connectivity index (χ1) is 15.6. The first-order valence-electron chi connectivity index (χ1n) is 10.5. The van der Waals surface area contributed by atoms with Crippen LogP contribution >= 0.6 is 0 Å². The first-order valence-corrected chi connectivity index (χ1v) is 10.5. The minimum atomic E-state index is -0.176. The van der Waals surface area contributed by atoms with Crippen molar-refractivity contribution in [3.05, 3.63) is 101 Å². The molecule has 3 aromatic rings. The summed E-state index contributed by atoms with van der Waals surface area (Å²) in [5.74, 6) is 0.754. The van der Waals surface area contributed by atoms with E-state index in [-0.39, 0.29) is 5.56 Å². The minimum Gasteiger partial charge on any atom is -0.497 e. The highest BCUT2D eigenvalue weighted by molar-refractivity contribution is 6.11. The van der Waals surface area contributed by atoms with Gasteiger partial charge >= 0.3 is 0 Å². The number of hydrogen-bond acceptors (Lipinski definition) is 3. The monoisotopic (exact) mass is 421 g/mol. The minimum absolute atomic E-state index is 0.176. The number of benzene rings is 2. The van der Waals surface area contributed by atoms with Gasteiger partial charge in [-0.3, -0.25) is 4.79 Å². The lowest BCUT2D eigenvalue weighted by atomic mass is 9.95. The molecule has 2 aliphatic rings. The van der Waals surface area contributed by atoms with Gasteiger partial charge in [0.1, 0.15) is 12.9 Å². The van der Waals surface area contributed by atoms with Gasteiger partial charge in [0.25, 0.3) is 5.56 Å². The van der Waals surface area contributed by atoms with Gasteiger partial charge in [-0.25, -0.2) is 0 Å². The summed E-state index contributed by atoms with van der Waals surface area (Å²) >= 11 is 0. The number of aromatic nitrogens is 1. The zero-order valence-corrected chi connectivity index (χ0v) is 18.3. The van der Waals surface area contributed by atoms with Crippen molar-refractivity contribution in [1.29, 1.82) is 0 Å². The zero-order valence-electron chi connectivity index (χ0n) is 18.3. The number of fused-ring (bicyclic) bond motifs is 3. The molecule has 1 aromatic heterocycles. The van der Waals surface area contributed by atoms with Gasteiger partial charge in [-0.1, -0.05) is 60.2 Å². The van der Waals surface area contributed by atoms with Crippen molar-refractivity contribution in [2.24, 2.45) is 0 Å². The molecule has 2 aromatic carbocycles. The molecule has 0 spiro atoms. The molecule has 0 fully saturated rings. The first kappa shape index (κ1) is 19.9. The third kappa shape index (κ3) is 3.12. The molecule has 32 heavy (non-hydrogen) atoms. The third-order valence-corrected chi connectivity index (χ3v) is 5.90. The number of pyridine rings is 1. The Hall–Kier alpha value is -4.05. The summed E-state index contributed by atoms with van der Waals surface area (Å²) in [5, 5.41) is 1.57. The van der Waals surface area contributed by atoms with Crippen LogP contribution in [0.5, 0.6) is 5.75 Å². The van der Waals surface area contributed by atoms with Crippen molar-refractivity contribution < 1.29 is 9.57 Å². The van der Waals surface area contributed by atoms with Crippen LogP contribution in [0.4, 0.5) is 0 Å². The SMILES string of the molecule is COc1ccc(-c2c(-c3ccc(C)cc3)c3cc4cccccc-4c3c(=O)n2OC)cc1. The molecule has 0 atom stereocenters. The van der Waals surface area contributed by atoms with Crippen LogP contribution in [0.2, 0.25) is 0 Å². The molecular weight excluding hydrogens is 398 g/mol. The highest BCUT2D eigenvalue weighted by atomic mass is 16.6. The van der Waals surface area contributed by atoms with Crippen molar-refractivity contribution >= 4 is 10.8 Å². The summed E-state index contributed by atoms with van der Waals surface area (Å²) in [6, 6.07) is 28.1. The van der Waals surface area contributed by atoms with E-state index in [1.165, 1.54) is 17.4 Å². The van der Waals surface area contributed by atoms with E-state index in [1.807, 2.05) is 54.6 Å². The van der Waals surface area contributed by atoms with Gasteiger partial charge in [0, 0.05) is 11.1 Å². The maximum absolute atomic E-state index is 13.7. The topological polar surface area (TPSA) is 40.5 Å². The number of rotatable bonds is 4. The van der Waals surface area contributed by atoms with Gasteiger partial charge in [-0.2, -0.15) is 0 Å². The average molecular weight is 421 g/mol. The fourth-order valence-electron chi connectivity index (χ4n) is 4.34. The fraction of sp³-hybridized carbons (Fsp3) is 0.107. The molecule has 1 heterocycles. The Labute approximate surface area is 186 Å². The van der Waals surface area contributed by atoms with Gasteiger partial charge in [-0.05, 0) is 59.3 Å². The summed E-state index contributed by atoms with van der Waals surface area (Å²) in [6.45, 7) is 2.07. The van der Waals surface area contributed by atoms with Gasteiger partial charge in [0.15, 0.2) is 0 Å². The van der Waals surface area contributed by atoms with Gasteiger partial charge in [0.2, 0.25) is 0 Å². The lowest BCUT2D eigenvalue weighted by molar-refractivity contribution is 0.163. The van der Waals surface area contributed by atoms with Crippen molar-refractivity contribution in [3.63, 3.8) is 0 Å². The van der Waals surface area contributed by atoms with E-state index in [4.69, 9.17) is 9.57 Å². The molecule has 158 valence electrons. The Morgan fingerprint density at radius 2 is 1.44 bits per heavy atom. The summed E-state index contributed by atoms with van der Waals surface area (Å²) in [7, 11) is 3.17. The Bertz CT molecular complexity index is 1450. The molecule has 0 bridgehead atoms. The van der Waals surface area contributed by atoms with E-state index in [0.717, 1.165) is 44.6 Å². The van der Waals surface area contributed by atoms with Crippen molar-refractivity contribution in [1.82, 2.24) is 4.73 Å². The lowest BCUT2D eigenvalue weighted by Crippen LogP contribution is -2.27. The van der Waals surface area contributed by atoms with Crippen LogP contribution in [0.1, 0.15) is 5.56 Å². The number of aryl methyl sites for hydroxylation is 1. The zero-order chi connectivity index (χ0) is 22.2. The average Bonchev–Trinajstić information content (AvgIpc) is 3.02. The summed E-state index contributed by atoms with van der Waals surface area (Å²) in [4.78, 5) is 19.4. The van der Waals surface area contributed by atoms with E-state index in [1.54, 1.807) is 7.11 Å². The van der Waals surface area contributed by atoms with Crippen molar-refractivity contribution in [3.8, 4) is 39.3 Å². The van der Waals surface area contributed by atoms with Crippen LogP contribution in [0.25, 0.3) is 44.3 Å². The largest absolute Gasteiger partial charge is 0.497 e. The van der Waals surface area contributed by atoms with Crippen LogP contribution in [-0.2, 0) is 0 Å². The van der Waals surface area contributed by atoms with E-state index >= 15 is 0 Å². The Balaban J connectivity index is 1.98. The number of ether oxygens (including phenoxy) is 1. The molecule has 0 radical (unpaired) electrons. The second kappa shape index (κ2) is 7.89. The predicted molar refractivity (Wildman–Crippen MR) is 129 cm³/mol. The molecule has 0 saturated heterocycles.